The first kappa shape index (κ1) is 27.8. The SMILES string of the molecule is CCS(=O)(=O)N(CC(=O)N(Cc1cccc(Br)c1)C(C)C(=O)NC(C)(C)C)c1ccc2c(c1)OCO2. The van der Waals surface area contributed by atoms with Gasteiger partial charge in [0.2, 0.25) is 28.6 Å². The van der Waals surface area contributed by atoms with E-state index in [0.29, 0.717) is 11.5 Å². The Morgan fingerprint density at radius 1 is 1.11 bits per heavy atom. The summed E-state index contributed by atoms with van der Waals surface area (Å²) in [5.41, 5.74) is 0.574. The van der Waals surface area contributed by atoms with Crippen molar-refractivity contribution in [3.05, 3.63) is 52.5 Å². The molecule has 9 nitrogen and oxygen atoms in total. The number of nitrogens with zero attached hydrogens (tertiary/aromatic N) is 2. The third-order valence-corrected chi connectivity index (χ3v) is 7.77. The van der Waals surface area contributed by atoms with Crippen LogP contribution in [0.15, 0.2) is 46.9 Å². The zero-order valence-electron chi connectivity index (χ0n) is 21.1. The normalized spacial score (nSPS) is 13.7. The van der Waals surface area contributed by atoms with Gasteiger partial charge in [0, 0.05) is 22.6 Å². The average Bonchev–Trinajstić information content (AvgIpc) is 3.27. The Kier molecular flexibility index (Phi) is 8.55. The molecule has 0 radical (unpaired) electrons. The Hall–Kier alpha value is -2.79. The largest absolute Gasteiger partial charge is 0.454 e. The number of fused-ring (bicyclic) bond motifs is 1. The van der Waals surface area contributed by atoms with Crippen LogP contribution in [0.5, 0.6) is 11.5 Å². The minimum absolute atomic E-state index is 0.0407. The number of anilines is 1. The number of sulfonamides is 1. The van der Waals surface area contributed by atoms with Crippen LogP contribution in [0.25, 0.3) is 0 Å². The summed E-state index contributed by atoms with van der Waals surface area (Å²) in [5, 5.41) is 2.90. The monoisotopic (exact) mass is 581 g/mol. The molecule has 2 aromatic rings. The van der Waals surface area contributed by atoms with E-state index in [9.17, 15) is 18.0 Å². The highest BCUT2D eigenvalue weighted by Gasteiger charge is 2.32. The first-order valence-electron chi connectivity index (χ1n) is 11.6. The van der Waals surface area contributed by atoms with Crippen LogP contribution in [0.1, 0.15) is 40.2 Å². The van der Waals surface area contributed by atoms with E-state index in [2.05, 4.69) is 21.2 Å². The van der Waals surface area contributed by atoms with E-state index in [0.717, 1.165) is 14.3 Å². The molecule has 3 rings (SSSR count). The van der Waals surface area contributed by atoms with Gasteiger partial charge in [-0.15, -0.1) is 0 Å². The lowest BCUT2D eigenvalue weighted by Gasteiger charge is -2.33. The Morgan fingerprint density at radius 2 is 1.81 bits per heavy atom. The van der Waals surface area contributed by atoms with Crippen molar-refractivity contribution in [3.63, 3.8) is 0 Å². The van der Waals surface area contributed by atoms with E-state index in [-0.39, 0.29) is 30.7 Å². The van der Waals surface area contributed by atoms with Crippen molar-refractivity contribution >= 4 is 43.5 Å². The summed E-state index contributed by atoms with van der Waals surface area (Å²) in [6, 6.07) is 11.3. The van der Waals surface area contributed by atoms with Gasteiger partial charge in [-0.3, -0.25) is 13.9 Å². The van der Waals surface area contributed by atoms with Crippen LogP contribution in [0.3, 0.4) is 0 Å². The second kappa shape index (κ2) is 11.1. The third-order valence-electron chi connectivity index (χ3n) is 5.53. The summed E-state index contributed by atoms with van der Waals surface area (Å²) in [6.45, 7) is 8.40. The summed E-state index contributed by atoms with van der Waals surface area (Å²) >= 11 is 3.43. The number of nitrogens with one attached hydrogen (secondary N) is 1. The van der Waals surface area contributed by atoms with Crippen LogP contribution in [0, 0.1) is 0 Å². The van der Waals surface area contributed by atoms with Gasteiger partial charge in [-0.2, -0.15) is 0 Å². The molecular weight excluding hydrogens is 550 g/mol. The van der Waals surface area contributed by atoms with Crippen LogP contribution in [0.4, 0.5) is 5.69 Å². The van der Waals surface area contributed by atoms with E-state index in [1.165, 1.54) is 17.9 Å². The van der Waals surface area contributed by atoms with Gasteiger partial charge in [-0.05, 0) is 64.4 Å². The fourth-order valence-electron chi connectivity index (χ4n) is 3.65. The fraction of sp³-hybridized carbons (Fsp3) is 0.440. The molecule has 36 heavy (non-hydrogen) atoms. The highest BCUT2D eigenvalue weighted by molar-refractivity contribution is 9.10. The van der Waals surface area contributed by atoms with Crippen LogP contribution < -0.4 is 19.1 Å². The molecule has 0 saturated carbocycles. The van der Waals surface area contributed by atoms with Crippen LogP contribution >= 0.6 is 15.9 Å². The number of benzene rings is 2. The molecule has 1 N–H and O–H groups in total. The quantitative estimate of drug-likeness (QED) is 0.484. The number of halogens is 1. The smallest absolute Gasteiger partial charge is 0.244 e. The molecule has 11 heteroatoms. The average molecular weight is 583 g/mol. The van der Waals surface area contributed by atoms with Crippen molar-refractivity contribution in [2.45, 2.75) is 52.7 Å². The van der Waals surface area contributed by atoms with Crippen LogP contribution in [-0.4, -0.2) is 55.8 Å². The van der Waals surface area contributed by atoms with E-state index in [1.54, 1.807) is 19.1 Å². The Bertz CT molecular complexity index is 1230. The number of rotatable bonds is 9. The van der Waals surface area contributed by atoms with Gasteiger partial charge in [0.25, 0.3) is 0 Å². The summed E-state index contributed by atoms with van der Waals surface area (Å²) < 4.78 is 38.7. The summed E-state index contributed by atoms with van der Waals surface area (Å²) in [4.78, 5) is 28.1. The van der Waals surface area contributed by atoms with Crippen molar-refractivity contribution in [1.82, 2.24) is 10.2 Å². The summed E-state index contributed by atoms with van der Waals surface area (Å²) in [7, 11) is -3.83. The highest BCUT2D eigenvalue weighted by atomic mass is 79.9. The molecule has 1 atom stereocenters. The molecule has 0 saturated heterocycles. The maximum atomic E-state index is 13.7. The molecular formula is C25H32BrN3O6S. The van der Waals surface area contributed by atoms with Gasteiger partial charge in [-0.1, -0.05) is 28.1 Å². The van der Waals surface area contributed by atoms with Crippen molar-refractivity contribution in [1.29, 1.82) is 0 Å². The van der Waals surface area contributed by atoms with Gasteiger partial charge in [0.05, 0.1) is 11.4 Å². The zero-order valence-corrected chi connectivity index (χ0v) is 23.5. The van der Waals surface area contributed by atoms with E-state index in [4.69, 9.17) is 9.47 Å². The summed E-state index contributed by atoms with van der Waals surface area (Å²) in [6.07, 6.45) is 0. The van der Waals surface area contributed by atoms with Crippen molar-refractivity contribution in [2.24, 2.45) is 0 Å². The predicted octanol–water partition coefficient (Wildman–Crippen LogP) is 3.67. The van der Waals surface area contributed by atoms with Gasteiger partial charge >= 0.3 is 0 Å². The molecule has 2 amide bonds. The Balaban J connectivity index is 1.95. The number of ether oxygens (including phenoxy) is 2. The van der Waals surface area contributed by atoms with Crippen LogP contribution in [0.2, 0.25) is 0 Å². The number of hydrogen-bond acceptors (Lipinski definition) is 6. The number of amides is 2. The molecule has 0 fully saturated rings. The topological polar surface area (TPSA) is 105 Å². The van der Waals surface area contributed by atoms with Gasteiger partial charge < -0.3 is 19.7 Å². The molecule has 0 spiro atoms. The highest BCUT2D eigenvalue weighted by Crippen LogP contribution is 2.36. The van der Waals surface area contributed by atoms with Crippen molar-refractivity contribution in [3.8, 4) is 11.5 Å². The number of carbonyl (C=O) groups excluding carboxylic acids is 2. The van der Waals surface area contributed by atoms with Crippen molar-refractivity contribution in [2.75, 3.05) is 23.4 Å². The molecule has 0 aromatic heterocycles. The Morgan fingerprint density at radius 3 is 2.44 bits per heavy atom. The van der Waals surface area contributed by atoms with E-state index >= 15 is 0 Å². The second-order valence-electron chi connectivity index (χ2n) is 9.51. The Labute approximate surface area is 220 Å². The van der Waals surface area contributed by atoms with E-state index < -0.39 is 34.1 Å². The molecule has 2 aromatic carbocycles. The van der Waals surface area contributed by atoms with Gasteiger partial charge in [-0.25, -0.2) is 8.42 Å². The maximum Gasteiger partial charge on any atom is 0.244 e. The molecule has 0 bridgehead atoms. The first-order chi connectivity index (χ1) is 16.8. The van der Waals surface area contributed by atoms with Gasteiger partial charge in [0.1, 0.15) is 12.6 Å². The van der Waals surface area contributed by atoms with Gasteiger partial charge in [0.15, 0.2) is 11.5 Å². The summed E-state index contributed by atoms with van der Waals surface area (Å²) in [5.74, 6) is -0.150. The van der Waals surface area contributed by atoms with Crippen molar-refractivity contribution < 1.29 is 27.5 Å². The third kappa shape index (κ3) is 6.91. The molecule has 196 valence electrons. The minimum Gasteiger partial charge on any atom is -0.454 e. The molecule has 1 unspecified atom stereocenters. The van der Waals surface area contributed by atoms with Crippen LogP contribution in [-0.2, 0) is 26.2 Å². The number of hydrogen-bond donors (Lipinski definition) is 1. The lowest BCUT2D eigenvalue weighted by Crippen LogP contribution is -2.54. The second-order valence-corrected chi connectivity index (χ2v) is 12.6. The zero-order chi connectivity index (χ0) is 26.7. The molecule has 1 heterocycles. The molecule has 1 aliphatic heterocycles. The van der Waals surface area contributed by atoms with E-state index in [1.807, 2.05) is 45.0 Å². The number of carbonyl (C=O) groups is 2. The molecule has 1 aliphatic rings. The fourth-order valence-corrected chi connectivity index (χ4v) is 5.15. The first-order valence-corrected chi connectivity index (χ1v) is 14.0. The minimum atomic E-state index is -3.83. The lowest BCUT2D eigenvalue weighted by molar-refractivity contribution is -0.140. The standard InChI is InChI=1S/C25H32BrN3O6S/c1-6-36(32,33)29(20-10-11-21-22(13-20)35-16-34-21)15-23(30)28(14-18-8-7-9-19(26)12-18)17(2)24(31)27-25(3,4)5/h7-13,17H,6,14-16H2,1-5H3,(H,27,31). The lowest BCUT2D eigenvalue weighted by atomic mass is 10.1. The maximum absolute atomic E-state index is 13.7. The molecule has 0 aliphatic carbocycles. The predicted molar refractivity (Wildman–Crippen MR) is 141 cm³/mol.